The zero-order chi connectivity index (χ0) is 13.0. The van der Waals surface area contributed by atoms with Gasteiger partial charge in [-0.15, -0.1) is 0 Å². The molecule has 2 atom stereocenters. The van der Waals surface area contributed by atoms with Gasteiger partial charge < -0.3 is 14.6 Å². The van der Waals surface area contributed by atoms with Gasteiger partial charge in [0, 0.05) is 19.1 Å². The van der Waals surface area contributed by atoms with E-state index < -0.39 is 5.60 Å². The summed E-state index contributed by atoms with van der Waals surface area (Å²) in [6, 6.07) is 7.77. The minimum absolute atomic E-state index is 0.137. The maximum Gasteiger partial charge on any atom is 0.125 e. The summed E-state index contributed by atoms with van der Waals surface area (Å²) < 4.78 is 11.0. The highest BCUT2D eigenvalue weighted by Gasteiger charge is 2.37. The fourth-order valence-electron chi connectivity index (χ4n) is 2.78. The average molecular weight is 250 g/mol. The lowest BCUT2D eigenvalue weighted by Crippen LogP contribution is -2.36. The summed E-state index contributed by atoms with van der Waals surface area (Å²) in [4.78, 5) is 0. The SMILES string of the molecule is CCOc1ccccc1C1(O)CCCC(OC)C1. The monoisotopic (exact) mass is 250 g/mol. The van der Waals surface area contributed by atoms with E-state index in [1.165, 1.54) is 0 Å². The molecule has 3 heteroatoms. The lowest BCUT2D eigenvalue weighted by molar-refractivity contribution is -0.0643. The molecule has 1 saturated carbocycles. The summed E-state index contributed by atoms with van der Waals surface area (Å²) in [7, 11) is 1.71. The maximum atomic E-state index is 10.9. The molecule has 0 radical (unpaired) electrons. The number of benzene rings is 1. The molecular weight excluding hydrogens is 228 g/mol. The Morgan fingerprint density at radius 1 is 1.39 bits per heavy atom. The number of ether oxygens (including phenoxy) is 2. The molecule has 100 valence electrons. The Kier molecular flexibility index (Phi) is 4.25. The van der Waals surface area contributed by atoms with Crippen LogP contribution in [0.4, 0.5) is 0 Å². The Morgan fingerprint density at radius 2 is 2.17 bits per heavy atom. The Hall–Kier alpha value is -1.06. The molecule has 1 N–H and O–H groups in total. The molecule has 0 spiro atoms. The Labute approximate surface area is 109 Å². The van der Waals surface area contributed by atoms with Crippen LogP contribution in [-0.2, 0) is 10.3 Å². The zero-order valence-electron chi connectivity index (χ0n) is 11.2. The van der Waals surface area contributed by atoms with Crippen molar-refractivity contribution in [1.29, 1.82) is 0 Å². The quantitative estimate of drug-likeness (QED) is 0.893. The largest absolute Gasteiger partial charge is 0.493 e. The lowest BCUT2D eigenvalue weighted by Gasteiger charge is -2.37. The van der Waals surface area contributed by atoms with Crippen molar-refractivity contribution in [3.05, 3.63) is 29.8 Å². The van der Waals surface area contributed by atoms with E-state index in [0.717, 1.165) is 30.6 Å². The first kappa shape index (κ1) is 13.4. The van der Waals surface area contributed by atoms with Crippen molar-refractivity contribution in [1.82, 2.24) is 0 Å². The number of methoxy groups -OCH3 is 1. The summed E-state index contributed by atoms with van der Waals surface area (Å²) >= 11 is 0. The van der Waals surface area contributed by atoms with E-state index in [1.54, 1.807) is 7.11 Å². The normalized spacial score (nSPS) is 28.1. The molecular formula is C15H22O3. The van der Waals surface area contributed by atoms with E-state index in [4.69, 9.17) is 9.47 Å². The average Bonchev–Trinajstić information content (AvgIpc) is 2.39. The zero-order valence-corrected chi connectivity index (χ0v) is 11.2. The van der Waals surface area contributed by atoms with E-state index in [2.05, 4.69) is 0 Å². The molecule has 1 aliphatic rings. The van der Waals surface area contributed by atoms with Gasteiger partial charge in [0.05, 0.1) is 18.3 Å². The van der Waals surface area contributed by atoms with Crippen LogP contribution in [0.2, 0.25) is 0 Å². The number of aliphatic hydroxyl groups is 1. The van der Waals surface area contributed by atoms with Gasteiger partial charge in [0.2, 0.25) is 0 Å². The third-order valence-corrected chi connectivity index (χ3v) is 3.70. The maximum absolute atomic E-state index is 10.9. The van der Waals surface area contributed by atoms with Crippen LogP contribution in [0.1, 0.15) is 38.2 Å². The first-order valence-electron chi connectivity index (χ1n) is 6.67. The number of hydrogen-bond acceptors (Lipinski definition) is 3. The molecule has 0 bridgehead atoms. The molecule has 3 nitrogen and oxygen atoms in total. The van der Waals surface area contributed by atoms with Crippen molar-refractivity contribution in [2.75, 3.05) is 13.7 Å². The van der Waals surface area contributed by atoms with E-state index in [9.17, 15) is 5.11 Å². The fraction of sp³-hybridized carbons (Fsp3) is 0.600. The van der Waals surface area contributed by atoms with Crippen LogP contribution in [-0.4, -0.2) is 24.9 Å². The van der Waals surface area contributed by atoms with Crippen LogP contribution in [0.15, 0.2) is 24.3 Å². The summed E-state index contributed by atoms with van der Waals surface area (Å²) in [6.07, 6.45) is 3.56. The summed E-state index contributed by atoms with van der Waals surface area (Å²) in [5.41, 5.74) is 0.0821. The number of rotatable bonds is 4. The summed E-state index contributed by atoms with van der Waals surface area (Å²) in [6.45, 7) is 2.57. The molecule has 0 saturated heterocycles. The molecule has 1 fully saturated rings. The topological polar surface area (TPSA) is 38.7 Å². The van der Waals surface area contributed by atoms with Gasteiger partial charge in [0.25, 0.3) is 0 Å². The lowest BCUT2D eigenvalue weighted by atomic mass is 9.78. The smallest absolute Gasteiger partial charge is 0.125 e. The Bertz CT molecular complexity index is 391. The predicted octanol–water partition coefficient (Wildman–Crippen LogP) is 2.86. The second kappa shape index (κ2) is 5.72. The molecule has 0 amide bonds. The second-order valence-electron chi connectivity index (χ2n) is 4.91. The molecule has 2 unspecified atom stereocenters. The number of hydrogen-bond donors (Lipinski definition) is 1. The van der Waals surface area contributed by atoms with Crippen molar-refractivity contribution in [3.8, 4) is 5.75 Å². The highest BCUT2D eigenvalue weighted by Crippen LogP contribution is 2.41. The Morgan fingerprint density at radius 3 is 2.89 bits per heavy atom. The molecule has 1 aromatic carbocycles. The van der Waals surface area contributed by atoms with Crippen LogP contribution in [0.25, 0.3) is 0 Å². The minimum atomic E-state index is -0.815. The highest BCUT2D eigenvalue weighted by atomic mass is 16.5. The van der Waals surface area contributed by atoms with Crippen molar-refractivity contribution in [3.63, 3.8) is 0 Å². The van der Waals surface area contributed by atoms with E-state index in [1.807, 2.05) is 31.2 Å². The molecule has 2 rings (SSSR count). The van der Waals surface area contributed by atoms with Gasteiger partial charge in [-0.05, 0) is 32.3 Å². The van der Waals surface area contributed by atoms with Crippen molar-refractivity contribution < 1.29 is 14.6 Å². The third kappa shape index (κ3) is 2.68. The molecule has 0 aliphatic heterocycles. The van der Waals surface area contributed by atoms with Gasteiger partial charge in [0.1, 0.15) is 5.75 Å². The van der Waals surface area contributed by atoms with E-state index in [0.29, 0.717) is 13.0 Å². The molecule has 18 heavy (non-hydrogen) atoms. The minimum Gasteiger partial charge on any atom is -0.493 e. The number of para-hydroxylation sites is 1. The summed E-state index contributed by atoms with van der Waals surface area (Å²) in [5.74, 6) is 0.791. The highest BCUT2D eigenvalue weighted by molar-refractivity contribution is 5.38. The van der Waals surface area contributed by atoms with Gasteiger partial charge in [-0.2, -0.15) is 0 Å². The van der Waals surface area contributed by atoms with Gasteiger partial charge in [0.15, 0.2) is 0 Å². The third-order valence-electron chi connectivity index (χ3n) is 3.70. The van der Waals surface area contributed by atoms with Crippen LogP contribution < -0.4 is 4.74 Å². The van der Waals surface area contributed by atoms with Crippen LogP contribution in [0.5, 0.6) is 5.75 Å². The van der Waals surface area contributed by atoms with Gasteiger partial charge in [-0.25, -0.2) is 0 Å². The standard InChI is InChI=1S/C15H22O3/c1-3-18-14-9-5-4-8-13(14)15(16)10-6-7-12(11-15)17-2/h4-5,8-9,12,16H,3,6-7,10-11H2,1-2H3. The predicted molar refractivity (Wildman–Crippen MR) is 70.8 cm³/mol. The second-order valence-corrected chi connectivity index (χ2v) is 4.91. The molecule has 1 aromatic rings. The Balaban J connectivity index is 2.28. The van der Waals surface area contributed by atoms with E-state index in [-0.39, 0.29) is 6.10 Å². The first-order chi connectivity index (χ1) is 8.69. The van der Waals surface area contributed by atoms with Gasteiger partial charge >= 0.3 is 0 Å². The van der Waals surface area contributed by atoms with Crippen LogP contribution >= 0.6 is 0 Å². The van der Waals surface area contributed by atoms with Crippen LogP contribution in [0, 0.1) is 0 Å². The van der Waals surface area contributed by atoms with E-state index >= 15 is 0 Å². The molecule has 0 aromatic heterocycles. The van der Waals surface area contributed by atoms with Crippen LogP contribution in [0.3, 0.4) is 0 Å². The summed E-state index contributed by atoms with van der Waals surface area (Å²) in [5, 5.41) is 10.9. The molecule has 1 aliphatic carbocycles. The van der Waals surface area contributed by atoms with Gasteiger partial charge in [-0.1, -0.05) is 18.2 Å². The fourth-order valence-corrected chi connectivity index (χ4v) is 2.78. The molecule has 0 heterocycles. The van der Waals surface area contributed by atoms with Crippen molar-refractivity contribution in [2.45, 2.75) is 44.3 Å². The van der Waals surface area contributed by atoms with Crippen molar-refractivity contribution >= 4 is 0 Å². The van der Waals surface area contributed by atoms with Crippen molar-refractivity contribution in [2.24, 2.45) is 0 Å². The van der Waals surface area contributed by atoms with Gasteiger partial charge in [-0.3, -0.25) is 0 Å². The first-order valence-corrected chi connectivity index (χ1v) is 6.67.